The highest BCUT2D eigenvalue weighted by atomic mass is 32.2. The van der Waals surface area contributed by atoms with Crippen molar-refractivity contribution in [3.63, 3.8) is 0 Å². The Labute approximate surface area is 128 Å². The number of likely N-dealkylation sites (tertiary alicyclic amines) is 1. The lowest BCUT2D eigenvalue weighted by atomic mass is 10.0. The first kappa shape index (κ1) is 15.8. The number of aryl methyl sites for hydroxylation is 1. The zero-order valence-electron chi connectivity index (χ0n) is 12.1. The predicted octanol–water partition coefficient (Wildman–Crippen LogP) is 3.05. The highest BCUT2D eigenvalue weighted by Gasteiger charge is 2.18. The molecule has 1 aliphatic rings. The summed E-state index contributed by atoms with van der Waals surface area (Å²) >= 11 is 3.30. The van der Waals surface area contributed by atoms with Gasteiger partial charge in [0.1, 0.15) is 4.34 Å². The van der Waals surface area contributed by atoms with Crippen LogP contribution in [0.2, 0.25) is 0 Å². The number of nitrogens with zero attached hydrogens (tertiary/aromatic N) is 2. The van der Waals surface area contributed by atoms with Crippen LogP contribution in [0.15, 0.2) is 4.34 Å². The van der Waals surface area contributed by atoms with Gasteiger partial charge in [-0.2, -0.15) is 0 Å². The van der Waals surface area contributed by atoms with Crippen LogP contribution >= 0.6 is 23.1 Å². The third-order valence-corrected chi connectivity index (χ3v) is 6.12. The fourth-order valence-electron chi connectivity index (χ4n) is 2.56. The lowest BCUT2D eigenvalue weighted by molar-refractivity contribution is -0.136. The molecule has 20 heavy (non-hydrogen) atoms. The number of thiazole rings is 1. The van der Waals surface area contributed by atoms with Crippen LogP contribution in [0.25, 0.3) is 0 Å². The molecule has 1 aromatic heterocycles. The van der Waals surface area contributed by atoms with Gasteiger partial charge in [0.15, 0.2) is 0 Å². The van der Waals surface area contributed by atoms with Crippen LogP contribution in [0.1, 0.15) is 36.3 Å². The number of aliphatic carboxylic acids is 1. The van der Waals surface area contributed by atoms with Crippen LogP contribution in [-0.2, 0) is 11.2 Å². The van der Waals surface area contributed by atoms with Gasteiger partial charge in [0.2, 0.25) is 0 Å². The van der Waals surface area contributed by atoms with Gasteiger partial charge in [0.05, 0.1) is 12.1 Å². The number of hydrogen-bond acceptors (Lipinski definition) is 5. The molecule has 2 heterocycles. The highest BCUT2D eigenvalue weighted by molar-refractivity contribution is 8.01. The van der Waals surface area contributed by atoms with Crippen molar-refractivity contribution in [1.82, 2.24) is 9.88 Å². The van der Waals surface area contributed by atoms with Gasteiger partial charge < -0.3 is 10.0 Å². The summed E-state index contributed by atoms with van der Waals surface area (Å²) in [7, 11) is 2.22. The van der Waals surface area contributed by atoms with Crippen molar-refractivity contribution in [2.75, 3.05) is 19.3 Å². The van der Waals surface area contributed by atoms with Crippen molar-refractivity contribution in [3.8, 4) is 0 Å². The summed E-state index contributed by atoms with van der Waals surface area (Å²) in [5.41, 5.74) is 0.870. The number of carboxylic acid groups (broad SMARTS) is 1. The fourth-order valence-corrected chi connectivity index (χ4v) is 4.89. The monoisotopic (exact) mass is 314 g/mol. The van der Waals surface area contributed by atoms with Gasteiger partial charge in [-0.05, 0) is 39.8 Å². The van der Waals surface area contributed by atoms with Gasteiger partial charge >= 0.3 is 5.97 Å². The Bertz CT molecular complexity index is 462. The van der Waals surface area contributed by atoms with Crippen molar-refractivity contribution < 1.29 is 9.90 Å². The summed E-state index contributed by atoms with van der Waals surface area (Å²) in [5, 5.41) is 8.84. The fraction of sp³-hybridized carbons (Fsp3) is 0.714. The molecule has 1 aromatic rings. The Kier molecular flexibility index (Phi) is 5.86. The highest BCUT2D eigenvalue weighted by Crippen LogP contribution is 2.29. The molecule has 4 nitrogen and oxygen atoms in total. The van der Waals surface area contributed by atoms with Gasteiger partial charge in [-0.1, -0.05) is 18.2 Å². The average Bonchev–Trinajstić information content (AvgIpc) is 2.72. The second-order valence-electron chi connectivity index (χ2n) is 5.33. The van der Waals surface area contributed by atoms with Gasteiger partial charge in [-0.15, -0.1) is 11.3 Å². The standard InChI is InChI=1S/C14H22N2O2S2/c1-10-12(9-13(17)18)20-14(15-10)19-8-6-11-5-3-4-7-16(11)2/h11H,3-9H2,1-2H3,(H,17,18). The van der Waals surface area contributed by atoms with Crippen LogP contribution in [-0.4, -0.2) is 46.3 Å². The van der Waals surface area contributed by atoms with Gasteiger partial charge in [-0.3, -0.25) is 4.79 Å². The summed E-state index contributed by atoms with van der Waals surface area (Å²) in [6, 6.07) is 0.704. The topological polar surface area (TPSA) is 53.4 Å². The number of carboxylic acids is 1. The number of carbonyl (C=O) groups is 1. The van der Waals surface area contributed by atoms with Crippen LogP contribution in [0, 0.1) is 6.92 Å². The third kappa shape index (κ3) is 4.46. The van der Waals surface area contributed by atoms with Crippen molar-refractivity contribution >= 4 is 29.1 Å². The first-order valence-corrected chi connectivity index (χ1v) is 8.87. The molecular weight excluding hydrogens is 292 g/mol. The summed E-state index contributed by atoms with van der Waals surface area (Å²) in [6.07, 6.45) is 5.25. The first-order valence-electron chi connectivity index (χ1n) is 7.07. The molecule has 0 radical (unpaired) electrons. The largest absolute Gasteiger partial charge is 0.481 e. The Balaban J connectivity index is 1.80. The second-order valence-corrected chi connectivity index (χ2v) is 7.75. The molecule has 0 aromatic carbocycles. The zero-order valence-corrected chi connectivity index (χ0v) is 13.7. The predicted molar refractivity (Wildman–Crippen MR) is 83.8 cm³/mol. The van der Waals surface area contributed by atoms with Gasteiger partial charge in [0.25, 0.3) is 0 Å². The van der Waals surface area contributed by atoms with E-state index in [9.17, 15) is 4.79 Å². The third-order valence-electron chi connectivity index (χ3n) is 3.78. The molecule has 0 spiro atoms. The number of thioether (sulfide) groups is 1. The lowest BCUT2D eigenvalue weighted by Gasteiger charge is -2.32. The van der Waals surface area contributed by atoms with E-state index in [1.807, 2.05) is 6.92 Å². The molecular formula is C14H22N2O2S2. The average molecular weight is 314 g/mol. The van der Waals surface area contributed by atoms with E-state index in [1.54, 1.807) is 11.8 Å². The minimum Gasteiger partial charge on any atom is -0.481 e. The van der Waals surface area contributed by atoms with Crippen molar-refractivity contribution in [3.05, 3.63) is 10.6 Å². The van der Waals surface area contributed by atoms with E-state index in [4.69, 9.17) is 5.11 Å². The molecule has 0 amide bonds. The van der Waals surface area contributed by atoms with E-state index in [0.717, 1.165) is 20.7 Å². The molecule has 1 fully saturated rings. The zero-order chi connectivity index (χ0) is 14.5. The van der Waals surface area contributed by atoms with Crippen LogP contribution in [0.4, 0.5) is 0 Å². The Morgan fingerprint density at radius 1 is 1.55 bits per heavy atom. The molecule has 1 aliphatic heterocycles. The number of piperidine rings is 1. The summed E-state index contributed by atoms with van der Waals surface area (Å²) in [6.45, 7) is 3.11. The lowest BCUT2D eigenvalue weighted by Crippen LogP contribution is -2.36. The van der Waals surface area contributed by atoms with E-state index in [0.29, 0.717) is 6.04 Å². The first-order chi connectivity index (χ1) is 9.56. The minimum absolute atomic E-state index is 0.0927. The maximum absolute atomic E-state index is 10.8. The maximum Gasteiger partial charge on any atom is 0.308 e. The van der Waals surface area contributed by atoms with E-state index in [1.165, 1.54) is 43.6 Å². The molecule has 0 aliphatic carbocycles. The molecule has 0 bridgehead atoms. The smallest absolute Gasteiger partial charge is 0.308 e. The van der Waals surface area contributed by atoms with E-state index in [2.05, 4.69) is 16.9 Å². The quantitative estimate of drug-likeness (QED) is 0.818. The van der Waals surface area contributed by atoms with Crippen LogP contribution < -0.4 is 0 Å². The number of aromatic nitrogens is 1. The summed E-state index contributed by atoms with van der Waals surface area (Å²) in [5.74, 6) is 0.284. The molecule has 1 unspecified atom stereocenters. The summed E-state index contributed by atoms with van der Waals surface area (Å²) < 4.78 is 1.01. The van der Waals surface area contributed by atoms with E-state index < -0.39 is 5.97 Å². The Morgan fingerprint density at radius 2 is 2.35 bits per heavy atom. The summed E-state index contributed by atoms with van der Waals surface area (Å²) in [4.78, 5) is 18.6. The molecule has 1 atom stereocenters. The van der Waals surface area contributed by atoms with Crippen molar-refractivity contribution in [2.24, 2.45) is 0 Å². The van der Waals surface area contributed by atoms with Crippen molar-refractivity contribution in [2.45, 2.75) is 49.4 Å². The molecule has 1 N–H and O–H groups in total. The Morgan fingerprint density at radius 3 is 3.05 bits per heavy atom. The molecule has 2 rings (SSSR count). The van der Waals surface area contributed by atoms with Gasteiger partial charge in [-0.25, -0.2) is 4.98 Å². The van der Waals surface area contributed by atoms with Crippen LogP contribution in [0.5, 0.6) is 0 Å². The van der Waals surface area contributed by atoms with E-state index >= 15 is 0 Å². The SMILES string of the molecule is Cc1nc(SCCC2CCCCN2C)sc1CC(=O)O. The normalized spacial score (nSPS) is 20.2. The second kappa shape index (κ2) is 7.43. The van der Waals surface area contributed by atoms with Gasteiger partial charge in [0, 0.05) is 16.7 Å². The molecule has 0 saturated carbocycles. The van der Waals surface area contributed by atoms with Crippen molar-refractivity contribution in [1.29, 1.82) is 0 Å². The minimum atomic E-state index is -0.780. The number of hydrogen-bond donors (Lipinski definition) is 1. The van der Waals surface area contributed by atoms with E-state index in [-0.39, 0.29) is 6.42 Å². The van der Waals surface area contributed by atoms with Crippen LogP contribution in [0.3, 0.4) is 0 Å². The maximum atomic E-state index is 10.8. The molecule has 1 saturated heterocycles. The number of rotatable bonds is 6. The molecule has 6 heteroatoms. The molecule has 112 valence electrons. The Hall–Kier alpha value is -0.590.